The van der Waals surface area contributed by atoms with Crippen molar-refractivity contribution in [2.75, 3.05) is 198 Å². The molecule has 116 heavy (non-hydrogen) atoms. The number of esters is 3. The maximum absolute atomic E-state index is 12.8. The van der Waals surface area contributed by atoms with E-state index >= 15 is 0 Å². The molecule has 6 N–H and O–H groups in total. The summed E-state index contributed by atoms with van der Waals surface area (Å²) in [5.41, 5.74) is 2.15. The number of nitrogens with one attached hydrogen (secondary N) is 6. The molecule has 30 heteroatoms. The van der Waals surface area contributed by atoms with Crippen molar-refractivity contribution in [1.82, 2.24) is 31.9 Å². The van der Waals surface area contributed by atoms with Gasteiger partial charge in [0.05, 0.1) is 178 Å². The van der Waals surface area contributed by atoms with Crippen LogP contribution in [-0.2, 0) is 134 Å². The zero-order chi connectivity index (χ0) is 83.2. The van der Waals surface area contributed by atoms with Crippen molar-refractivity contribution in [1.29, 1.82) is 0 Å². The maximum atomic E-state index is 12.8. The number of carbonyl (C=O) groups is 9. The van der Waals surface area contributed by atoms with E-state index in [2.05, 4.69) is 31.9 Å². The van der Waals surface area contributed by atoms with Gasteiger partial charge >= 0.3 is 17.9 Å². The highest BCUT2D eigenvalue weighted by atomic mass is 16.6. The number of hydrogen-bond acceptors (Lipinski definition) is 24. The van der Waals surface area contributed by atoms with Crippen LogP contribution in [0.2, 0.25) is 0 Å². The fraction of sp³-hybridized carbons (Fsp3) is 0.686. The van der Waals surface area contributed by atoms with Crippen molar-refractivity contribution in [2.45, 2.75) is 181 Å². The maximum Gasteiger partial charge on any atom is 0.308 e. The molecule has 0 bridgehead atoms. The molecule has 6 amide bonds. The van der Waals surface area contributed by atoms with Gasteiger partial charge < -0.3 is 103 Å². The fourth-order valence-electron chi connectivity index (χ4n) is 10.9. The zero-order valence-corrected chi connectivity index (χ0v) is 69.3. The Morgan fingerprint density at radius 3 is 0.698 bits per heavy atom. The molecule has 0 saturated carbocycles. The third-order valence-corrected chi connectivity index (χ3v) is 17.5. The zero-order valence-electron chi connectivity index (χ0n) is 69.3. The summed E-state index contributed by atoms with van der Waals surface area (Å²) in [6, 6.07) is 28.5. The average molecular weight is 1640 g/mol. The van der Waals surface area contributed by atoms with Crippen LogP contribution in [0.3, 0.4) is 0 Å². The van der Waals surface area contributed by atoms with Gasteiger partial charge in [-0.3, -0.25) is 43.2 Å². The summed E-state index contributed by atoms with van der Waals surface area (Å²) < 4.78 is 83.3. The number of carbonyl (C=O) groups excluding carboxylic acids is 9. The number of ether oxygens (including phenoxy) is 15. The molecule has 0 aromatic heterocycles. The largest absolute Gasteiger partial charge is 0.461 e. The second kappa shape index (κ2) is 74.9. The van der Waals surface area contributed by atoms with Gasteiger partial charge in [-0.15, -0.1) is 0 Å². The van der Waals surface area contributed by atoms with E-state index in [0.29, 0.717) is 158 Å². The van der Waals surface area contributed by atoms with Crippen LogP contribution in [0, 0.1) is 5.41 Å². The highest BCUT2D eigenvalue weighted by molar-refractivity contribution is 5.78. The van der Waals surface area contributed by atoms with E-state index in [1.165, 1.54) is 0 Å². The molecule has 0 radical (unpaired) electrons. The van der Waals surface area contributed by atoms with Crippen molar-refractivity contribution in [3.63, 3.8) is 0 Å². The van der Waals surface area contributed by atoms with Crippen LogP contribution in [0.25, 0.3) is 0 Å². The van der Waals surface area contributed by atoms with E-state index in [4.69, 9.17) is 71.1 Å². The molecule has 0 aliphatic carbocycles. The topological polar surface area (TPSA) is 364 Å². The molecular weight excluding hydrogens is 1500 g/mol. The van der Waals surface area contributed by atoms with Crippen LogP contribution < -0.4 is 31.9 Å². The Hall–Kier alpha value is -7.59. The van der Waals surface area contributed by atoms with E-state index < -0.39 is 5.41 Å². The Bertz CT molecular complexity index is 2640. The molecule has 0 fully saturated rings. The van der Waals surface area contributed by atoms with Crippen molar-refractivity contribution < 1.29 is 114 Å². The summed E-state index contributed by atoms with van der Waals surface area (Å²) >= 11 is 0. The van der Waals surface area contributed by atoms with Crippen molar-refractivity contribution in [3.8, 4) is 0 Å². The fourth-order valence-corrected chi connectivity index (χ4v) is 10.9. The second-order valence-corrected chi connectivity index (χ2v) is 28.1. The molecule has 30 nitrogen and oxygen atoms in total. The van der Waals surface area contributed by atoms with Crippen LogP contribution in [0.15, 0.2) is 91.0 Å². The lowest BCUT2D eigenvalue weighted by Gasteiger charge is -2.29. The Morgan fingerprint density at radius 2 is 0.431 bits per heavy atom. The standard InChI is InChI=1S/C86H138N6O24/c1-86(71-111-47-35-80(96)87-41-23-8-2-5-20-32-77(93)90-44-53-105-59-65-108-62-56-102-50-38-83(99)114-68-74-26-14-11-15-27-74,72-112-48-36-81(97)88-42-24-9-3-6-21-33-78(94)91-45-54-106-60-66-109-63-57-103-51-39-84(100)115-69-75-28-16-12-17-29-75)73-113-49-37-82(98)89-43-25-10-4-7-22-34-79(95)92-46-55-107-61-67-110-64-58-104-52-40-85(101)116-70-76-30-18-13-19-31-76/h11-19,26-31H,2-10,20-25,32-73H2,1H3,(H,87,96)(H,88,97)(H,89,98)(H,90,93)(H,91,94)(H,92,95). The minimum absolute atomic E-state index is 0.0215. The smallest absolute Gasteiger partial charge is 0.308 e. The SMILES string of the molecule is CC(COCCC(=O)NCCCCCCCC(=O)NCCOCCOCCOCCC(=O)OCc1ccccc1)(COCCC(=O)NCCCCCCCC(=O)NCCOCCOCCOCCC(=O)OCc1ccccc1)COCCC(=O)NCCCCCCCC(=O)NCCOCCOCCOCCC(=O)OCc1ccccc1. The lowest BCUT2D eigenvalue weighted by molar-refractivity contribution is -0.147. The molecule has 0 saturated heterocycles. The summed E-state index contributed by atoms with van der Waals surface area (Å²) in [6.07, 6.45) is 15.3. The Kier molecular flexibility index (Phi) is 66.3. The number of hydrogen-bond donors (Lipinski definition) is 6. The van der Waals surface area contributed by atoms with Gasteiger partial charge in [-0.25, -0.2) is 0 Å². The summed E-state index contributed by atoms with van der Waals surface area (Å²) in [5, 5.41) is 17.5. The molecule has 3 aromatic rings. The van der Waals surface area contributed by atoms with E-state index in [0.717, 1.165) is 113 Å². The summed E-state index contributed by atoms with van der Waals surface area (Å²) in [5.74, 6) is -1.38. The van der Waals surface area contributed by atoms with E-state index in [1.807, 2.05) is 97.9 Å². The van der Waals surface area contributed by atoms with Crippen LogP contribution in [0.1, 0.15) is 178 Å². The minimum atomic E-state index is -0.650. The Morgan fingerprint density at radius 1 is 0.224 bits per heavy atom. The van der Waals surface area contributed by atoms with Crippen molar-refractivity contribution >= 4 is 53.4 Å². The quantitative estimate of drug-likeness (QED) is 0.0175. The normalized spacial score (nSPS) is 11.2. The molecule has 656 valence electrons. The molecule has 3 aromatic carbocycles. The molecule has 0 aliphatic heterocycles. The van der Waals surface area contributed by atoms with Crippen LogP contribution >= 0.6 is 0 Å². The van der Waals surface area contributed by atoms with Gasteiger partial charge in [0.15, 0.2) is 0 Å². The van der Waals surface area contributed by atoms with Gasteiger partial charge in [0.2, 0.25) is 35.4 Å². The van der Waals surface area contributed by atoms with E-state index in [9.17, 15) is 43.2 Å². The van der Waals surface area contributed by atoms with E-state index in [-0.39, 0.29) is 171 Å². The number of benzene rings is 3. The third kappa shape index (κ3) is 66.4. The molecular formula is C86H138N6O24. The Labute approximate surface area is 688 Å². The molecule has 3 rings (SSSR count). The molecule has 0 unspecified atom stereocenters. The van der Waals surface area contributed by atoms with Gasteiger partial charge in [0.25, 0.3) is 0 Å². The monoisotopic (exact) mass is 1640 g/mol. The predicted octanol–water partition coefficient (Wildman–Crippen LogP) is 8.48. The first kappa shape index (κ1) is 103. The predicted molar refractivity (Wildman–Crippen MR) is 436 cm³/mol. The summed E-state index contributed by atoms with van der Waals surface area (Å²) in [4.78, 5) is 111. The average Bonchev–Trinajstić information content (AvgIpc) is 0.906. The lowest BCUT2D eigenvalue weighted by atomic mass is 9.94. The minimum Gasteiger partial charge on any atom is -0.461 e. The van der Waals surface area contributed by atoms with Gasteiger partial charge in [0, 0.05) is 83.2 Å². The third-order valence-electron chi connectivity index (χ3n) is 17.5. The first-order valence-electron chi connectivity index (χ1n) is 41.9. The van der Waals surface area contributed by atoms with Crippen molar-refractivity contribution in [2.24, 2.45) is 5.41 Å². The molecule has 0 aliphatic rings. The highest BCUT2D eigenvalue weighted by Gasteiger charge is 2.27. The van der Waals surface area contributed by atoms with Crippen LogP contribution in [0.5, 0.6) is 0 Å². The molecule has 0 heterocycles. The number of rotatable bonds is 81. The lowest BCUT2D eigenvalue weighted by Crippen LogP contribution is -2.36. The van der Waals surface area contributed by atoms with E-state index in [1.54, 1.807) is 0 Å². The van der Waals surface area contributed by atoms with Gasteiger partial charge in [-0.2, -0.15) is 0 Å². The highest BCUT2D eigenvalue weighted by Crippen LogP contribution is 2.20. The second-order valence-electron chi connectivity index (χ2n) is 28.1. The number of amides is 6. The van der Waals surface area contributed by atoms with Crippen LogP contribution in [0.4, 0.5) is 0 Å². The van der Waals surface area contributed by atoms with Crippen molar-refractivity contribution in [3.05, 3.63) is 108 Å². The molecule has 0 spiro atoms. The van der Waals surface area contributed by atoms with Gasteiger partial charge in [0.1, 0.15) is 19.8 Å². The van der Waals surface area contributed by atoms with Crippen LogP contribution in [-0.4, -0.2) is 251 Å². The van der Waals surface area contributed by atoms with Gasteiger partial charge in [-0.1, -0.05) is 156 Å². The first-order chi connectivity index (χ1) is 56.8. The Balaban J connectivity index is 1.18. The number of unbranched alkanes of at least 4 members (excludes halogenated alkanes) is 12. The summed E-state index contributed by atoms with van der Waals surface area (Å²) in [6.45, 7) is 13.1. The van der Waals surface area contributed by atoms with Gasteiger partial charge in [-0.05, 0) is 55.2 Å². The summed E-state index contributed by atoms with van der Waals surface area (Å²) in [7, 11) is 0. The first-order valence-corrected chi connectivity index (χ1v) is 41.9. The molecule has 0 atom stereocenters.